The number of carbonyl (C=O) groups excluding carboxylic acids is 2. The molecule has 1 fully saturated rings. The molecule has 0 unspecified atom stereocenters. The summed E-state index contributed by atoms with van der Waals surface area (Å²) in [5.41, 5.74) is 1.02. The number of carboxylic acids is 1. The Morgan fingerprint density at radius 1 is 1.21 bits per heavy atom. The molecule has 10 heteroatoms. The van der Waals surface area contributed by atoms with Gasteiger partial charge in [-0.2, -0.15) is 0 Å². The second kappa shape index (κ2) is 8.14. The van der Waals surface area contributed by atoms with Crippen molar-refractivity contribution in [1.29, 1.82) is 0 Å². The molecule has 0 atom stereocenters. The summed E-state index contributed by atoms with van der Waals surface area (Å²) < 4.78 is 1.71. The molecule has 0 aliphatic carbocycles. The lowest BCUT2D eigenvalue weighted by Crippen LogP contribution is -2.54. The second-order valence-electron chi connectivity index (χ2n) is 5.85. The SMILES string of the molecule is O=C(O)CCN1C(=O)/C(=C/c2cccn2-c2cc(Cl)cc(Cl)c2)C(=O)NC1=S. The molecule has 2 amide bonds. The lowest BCUT2D eigenvalue weighted by atomic mass is 10.1. The maximum absolute atomic E-state index is 12.7. The molecule has 28 heavy (non-hydrogen) atoms. The fourth-order valence-corrected chi connectivity index (χ4v) is 3.46. The van der Waals surface area contributed by atoms with Gasteiger partial charge in [0.1, 0.15) is 5.57 Å². The summed E-state index contributed by atoms with van der Waals surface area (Å²) in [5, 5.41) is 12.0. The van der Waals surface area contributed by atoms with E-state index in [0.717, 1.165) is 4.90 Å². The number of rotatable bonds is 5. The Morgan fingerprint density at radius 3 is 2.54 bits per heavy atom. The number of hydrogen-bond acceptors (Lipinski definition) is 4. The summed E-state index contributed by atoms with van der Waals surface area (Å²) in [6.45, 7) is -0.143. The van der Waals surface area contributed by atoms with Crippen molar-refractivity contribution in [2.75, 3.05) is 6.54 Å². The topological polar surface area (TPSA) is 91.6 Å². The van der Waals surface area contributed by atoms with Crippen LogP contribution in [-0.4, -0.2) is 44.0 Å². The molecule has 2 heterocycles. The third-order valence-corrected chi connectivity index (χ3v) is 4.69. The Bertz CT molecular complexity index is 1010. The van der Waals surface area contributed by atoms with Gasteiger partial charge in [0.2, 0.25) is 0 Å². The van der Waals surface area contributed by atoms with Gasteiger partial charge in [-0.3, -0.25) is 24.6 Å². The molecule has 1 aromatic carbocycles. The highest BCUT2D eigenvalue weighted by Gasteiger charge is 2.33. The van der Waals surface area contributed by atoms with Gasteiger partial charge in [0.15, 0.2) is 5.11 Å². The third kappa shape index (κ3) is 4.24. The smallest absolute Gasteiger partial charge is 0.305 e. The highest BCUT2D eigenvalue weighted by molar-refractivity contribution is 7.80. The zero-order valence-corrected chi connectivity index (χ0v) is 16.5. The van der Waals surface area contributed by atoms with E-state index in [1.54, 1.807) is 41.1 Å². The molecule has 0 spiro atoms. The molecule has 2 N–H and O–H groups in total. The minimum atomic E-state index is -1.08. The van der Waals surface area contributed by atoms with Crippen LogP contribution in [0, 0.1) is 0 Å². The predicted octanol–water partition coefficient (Wildman–Crippen LogP) is 2.89. The lowest BCUT2D eigenvalue weighted by Gasteiger charge is -2.28. The molecule has 0 radical (unpaired) electrons. The predicted molar refractivity (Wildman–Crippen MR) is 108 cm³/mol. The van der Waals surface area contributed by atoms with Gasteiger partial charge >= 0.3 is 5.97 Å². The molecule has 0 saturated carbocycles. The van der Waals surface area contributed by atoms with Crippen LogP contribution in [0.15, 0.2) is 42.1 Å². The van der Waals surface area contributed by atoms with E-state index in [9.17, 15) is 14.4 Å². The van der Waals surface area contributed by atoms with Gasteiger partial charge in [0, 0.05) is 34.2 Å². The molecule has 1 aliphatic rings. The molecule has 1 aromatic heterocycles. The summed E-state index contributed by atoms with van der Waals surface area (Å²) in [6.07, 6.45) is 2.83. The van der Waals surface area contributed by atoms with E-state index in [0.29, 0.717) is 21.4 Å². The quantitative estimate of drug-likeness (QED) is 0.426. The van der Waals surface area contributed by atoms with E-state index in [2.05, 4.69) is 5.32 Å². The van der Waals surface area contributed by atoms with Crippen molar-refractivity contribution in [2.24, 2.45) is 0 Å². The van der Waals surface area contributed by atoms with Gasteiger partial charge in [-0.1, -0.05) is 23.2 Å². The molecule has 1 saturated heterocycles. The first-order valence-corrected chi connectivity index (χ1v) is 9.17. The molecule has 7 nitrogen and oxygen atoms in total. The van der Waals surface area contributed by atoms with Crippen LogP contribution >= 0.6 is 35.4 Å². The molecule has 1 aliphatic heterocycles. The number of benzene rings is 1. The van der Waals surface area contributed by atoms with Gasteiger partial charge in [0.25, 0.3) is 11.8 Å². The number of aliphatic carboxylic acids is 1. The van der Waals surface area contributed by atoms with Gasteiger partial charge in [0.05, 0.1) is 6.42 Å². The maximum Gasteiger partial charge on any atom is 0.305 e. The van der Waals surface area contributed by atoms with Crippen LogP contribution in [0.2, 0.25) is 10.0 Å². The highest BCUT2D eigenvalue weighted by atomic mass is 35.5. The fraction of sp³-hybridized carbons (Fsp3) is 0.111. The van der Waals surface area contributed by atoms with Crippen LogP contribution in [-0.2, 0) is 14.4 Å². The number of amides is 2. The number of thiocarbonyl (C=S) groups is 1. The summed E-state index contributed by atoms with van der Waals surface area (Å²) in [6, 6.07) is 8.41. The first kappa shape index (κ1) is 20.1. The Balaban J connectivity index is 1.97. The number of halogens is 2. The first-order chi connectivity index (χ1) is 13.3. The van der Waals surface area contributed by atoms with Gasteiger partial charge in [-0.25, -0.2) is 0 Å². The van der Waals surface area contributed by atoms with Crippen molar-refractivity contribution < 1.29 is 19.5 Å². The standard InChI is InChI=1S/C18H13Cl2N3O4S/c19-10-6-11(20)8-13(7-10)22-4-1-2-12(22)9-14-16(26)21-18(28)23(17(14)27)5-3-15(24)25/h1-2,4,6-9H,3,5H2,(H,24,25)(H,21,26,28)/b14-9+. The van der Waals surface area contributed by atoms with Crippen LogP contribution in [0.1, 0.15) is 12.1 Å². The Hall–Kier alpha value is -2.68. The Kier molecular flexibility index (Phi) is 5.83. The normalized spacial score (nSPS) is 15.9. The van der Waals surface area contributed by atoms with Crippen LogP contribution in [0.5, 0.6) is 0 Å². The Morgan fingerprint density at radius 2 is 1.89 bits per heavy atom. The van der Waals surface area contributed by atoms with Crippen molar-refractivity contribution in [3.05, 3.63) is 57.8 Å². The van der Waals surface area contributed by atoms with Crippen molar-refractivity contribution in [3.63, 3.8) is 0 Å². The van der Waals surface area contributed by atoms with E-state index < -0.39 is 17.8 Å². The summed E-state index contributed by atoms with van der Waals surface area (Å²) in [7, 11) is 0. The summed E-state index contributed by atoms with van der Waals surface area (Å²) in [4.78, 5) is 36.9. The van der Waals surface area contributed by atoms with Gasteiger partial charge in [-0.05, 0) is 48.6 Å². The van der Waals surface area contributed by atoms with Crippen molar-refractivity contribution in [2.45, 2.75) is 6.42 Å². The molecular weight excluding hydrogens is 425 g/mol. The average molecular weight is 438 g/mol. The highest BCUT2D eigenvalue weighted by Crippen LogP contribution is 2.24. The molecule has 2 aromatic rings. The van der Waals surface area contributed by atoms with E-state index in [4.69, 9.17) is 40.5 Å². The zero-order valence-electron chi connectivity index (χ0n) is 14.2. The number of carbonyl (C=O) groups is 3. The third-order valence-electron chi connectivity index (χ3n) is 3.93. The summed E-state index contributed by atoms with van der Waals surface area (Å²) >= 11 is 17.1. The number of aromatic nitrogens is 1. The van der Waals surface area contributed by atoms with E-state index >= 15 is 0 Å². The van der Waals surface area contributed by atoms with E-state index in [1.807, 2.05) is 0 Å². The maximum atomic E-state index is 12.7. The first-order valence-electron chi connectivity index (χ1n) is 8.01. The molecule has 3 rings (SSSR count). The monoisotopic (exact) mass is 437 g/mol. The van der Waals surface area contributed by atoms with Gasteiger partial charge in [-0.15, -0.1) is 0 Å². The number of carboxylic acid groups (broad SMARTS) is 1. The average Bonchev–Trinajstić information content (AvgIpc) is 3.05. The minimum Gasteiger partial charge on any atom is -0.481 e. The van der Waals surface area contributed by atoms with Crippen molar-refractivity contribution >= 4 is 64.4 Å². The van der Waals surface area contributed by atoms with Crippen LogP contribution < -0.4 is 5.32 Å². The molecule has 0 bridgehead atoms. The molecule has 144 valence electrons. The van der Waals surface area contributed by atoms with Crippen molar-refractivity contribution in [3.8, 4) is 5.69 Å². The van der Waals surface area contributed by atoms with Gasteiger partial charge < -0.3 is 9.67 Å². The molecular formula is C18H13Cl2N3O4S. The van der Waals surface area contributed by atoms with E-state index in [1.165, 1.54) is 6.08 Å². The number of nitrogens with zero attached hydrogens (tertiary/aromatic N) is 2. The van der Waals surface area contributed by atoms with Crippen molar-refractivity contribution in [1.82, 2.24) is 14.8 Å². The number of nitrogens with one attached hydrogen (secondary N) is 1. The summed E-state index contributed by atoms with van der Waals surface area (Å²) in [5.74, 6) is -2.39. The van der Waals surface area contributed by atoms with E-state index in [-0.39, 0.29) is 23.7 Å². The largest absolute Gasteiger partial charge is 0.481 e. The van der Waals surface area contributed by atoms with Crippen LogP contribution in [0.25, 0.3) is 11.8 Å². The Labute approximate surface area is 175 Å². The minimum absolute atomic E-state index is 0.120. The van der Waals surface area contributed by atoms with Crippen LogP contribution in [0.3, 0.4) is 0 Å². The zero-order chi connectivity index (χ0) is 20.4. The number of hydrogen-bond donors (Lipinski definition) is 2. The fourth-order valence-electron chi connectivity index (χ4n) is 2.68. The van der Waals surface area contributed by atoms with Crippen LogP contribution in [0.4, 0.5) is 0 Å². The second-order valence-corrected chi connectivity index (χ2v) is 7.11. The lowest BCUT2D eigenvalue weighted by molar-refractivity contribution is -0.137.